The second-order valence-corrected chi connectivity index (χ2v) is 12.9. The average molecular weight is 619 g/mol. The largest absolute Gasteiger partial charge is 0.309 e. The fraction of sp³-hybridized carbons (Fsp3) is 0. The highest BCUT2D eigenvalue weighted by Crippen LogP contribution is 2.42. The van der Waals surface area contributed by atoms with Gasteiger partial charge in [-0.15, -0.1) is 11.3 Å². The third kappa shape index (κ3) is 3.94. The second kappa shape index (κ2) is 10.2. The normalized spacial score (nSPS) is 11.8. The Morgan fingerprint density at radius 3 is 2.09 bits per heavy atom. The number of benzene rings is 6. The van der Waals surface area contributed by atoms with Crippen molar-refractivity contribution in [2.75, 3.05) is 0 Å². The number of rotatable bonds is 4. The van der Waals surface area contributed by atoms with Crippen LogP contribution in [0.25, 0.3) is 87.0 Å². The van der Waals surface area contributed by atoms with Gasteiger partial charge >= 0.3 is 0 Å². The van der Waals surface area contributed by atoms with Gasteiger partial charge in [0.2, 0.25) is 0 Å². The number of nitrogens with zero attached hydrogens (tertiary/aromatic N) is 4. The quantitative estimate of drug-likeness (QED) is 0.197. The van der Waals surface area contributed by atoms with Gasteiger partial charge in [-0.05, 0) is 59.7 Å². The molecule has 10 rings (SSSR count). The molecule has 10 aromatic rings. The maximum Gasteiger partial charge on any atom is 0.146 e. The van der Waals surface area contributed by atoms with E-state index in [-0.39, 0.29) is 0 Å². The molecule has 0 saturated carbocycles. The number of hydrogen-bond acceptors (Lipinski definition) is 3. The van der Waals surface area contributed by atoms with Crippen LogP contribution in [0.5, 0.6) is 0 Å². The van der Waals surface area contributed by atoms with Crippen LogP contribution >= 0.6 is 11.3 Å². The van der Waals surface area contributed by atoms with Gasteiger partial charge in [0, 0.05) is 48.4 Å². The van der Waals surface area contributed by atoms with E-state index in [0.29, 0.717) is 0 Å². The van der Waals surface area contributed by atoms with Crippen molar-refractivity contribution in [2.45, 2.75) is 0 Å². The van der Waals surface area contributed by atoms with E-state index in [0.717, 1.165) is 50.3 Å². The molecule has 4 nitrogen and oxygen atoms in total. The summed E-state index contributed by atoms with van der Waals surface area (Å²) < 4.78 is 7.21. The Hall–Kier alpha value is -6.04. The molecular formula is C42H26N4S. The summed E-state index contributed by atoms with van der Waals surface area (Å²) in [5.41, 5.74) is 8.94. The van der Waals surface area contributed by atoms with Crippen molar-refractivity contribution < 1.29 is 0 Å². The van der Waals surface area contributed by atoms with Crippen LogP contribution in [0, 0.1) is 0 Å². The summed E-state index contributed by atoms with van der Waals surface area (Å²) in [7, 11) is 0. The van der Waals surface area contributed by atoms with E-state index in [9.17, 15) is 0 Å². The van der Waals surface area contributed by atoms with Gasteiger partial charge in [-0.1, -0.05) is 103 Å². The number of aromatic nitrogens is 4. The van der Waals surface area contributed by atoms with Crippen LogP contribution in [0.15, 0.2) is 158 Å². The summed E-state index contributed by atoms with van der Waals surface area (Å²) in [5, 5.41) is 4.96. The predicted molar refractivity (Wildman–Crippen MR) is 197 cm³/mol. The predicted octanol–water partition coefficient (Wildman–Crippen LogP) is 11.2. The summed E-state index contributed by atoms with van der Waals surface area (Å²) in [6.45, 7) is 0. The van der Waals surface area contributed by atoms with Crippen molar-refractivity contribution in [3.05, 3.63) is 158 Å². The SMILES string of the molecule is c1ccc(-c2nc3c4c5ccccc5n(-c5ccc(-c6cccc7c6sc6ccccc67)cc5)c4ccc3n2-c2ccccn2)cc1. The molecule has 0 aliphatic heterocycles. The molecule has 47 heavy (non-hydrogen) atoms. The third-order valence-electron chi connectivity index (χ3n) is 9.21. The molecule has 0 amide bonds. The maximum absolute atomic E-state index is 5.36. The summed E-state index contributed by atoms with van der Waals surface area (Å²) in [6.07, 6.45) is 1.84. The van der Waals surface area contributed by atoms with Crippen LogP contribution in [0.1, 0.15) is 0 Å². The van der Waals surface area contributed by atoms with Crippen molar-refractivity contribution in [3.8, 4) is 34.0 Å². The van der Waals surface area contributed by atoms with E-state index in [2.05, 4.69) is 137 Å². The van der Waals surface area contributed by atoms with E-state index >= 15 is 0 Å². The molecule has 0 fully saturated rings. The number of fused-ring (bicyclic) bond motifs is 8. The summed E-state index contributed by atoms with van der Waals surface area (Å²) in [5.74, 6) is 1.73. The van der Waals surface area contributed by atoms with Crippen molar-refractivity contribution in [1.29, 1.82) is 0 Å². The summed E-state index contributed by atoms with van der Waals surface area (Å²) >= 11 is 1.87. The number of thiophene rings is 1. The molecule has 0 aliphatic carbocycles. The smallest absolute Gasteiger partial charge is 0.146 e. The van der Waals surface area contributed by atoms with Gasteiger partial charge in [0.25, 0.3) is 0 Å². The van der Waals surface area contributed by atoms with Crippen LogP contribution in [0.2, 0.25) is 0 Å². The van der Waals surface area contributed by atoms with Crippen LogP contribution in [0.3, 0.4) is 0 Å². The third-order valence-corrected chi connectivity index (χ3v) is 10.4. The average Bonchev–Trinajstić information content (AvgIpc) is 3.82. The molecule has 4 aromatic heterocycles. The van der Waals surface area contributed by atoms with Crippen LogP contribution in [0.4, 0.5) is 0 Å². The highest BCUT2D eigenvalue weighted by Gasteiger charge is 2.21. The number of imidazole rings is 1. The lowest BCUT2D eigenvalue weighted by Gasteiger charge is -2.10. The van der Waals surface area contributed by atoms with Gasteiger partial charge in [-0.25, -0.2) is 9.97 Å². The summed E-state index contributed by atoms with van der Waals surface area (Å²) in [6, 6.07) is 53.9. The Morgan fingerprint density at radius 2 is 1.23 bits per heavy atom. The van der Waals surface area contributed by atoms with Crippen LogP contribution in [-0.2, 0) is 0 Å². The number of pyridine rings is 1. The molecule has 0 unspecified atom stereocenters. The monoisotopic (exact) mass is 618 g/mol. The highest BCUT2D eigenvalue weighted by molar-refractivity contribution is 7.26. The number of para-hydroxylation sites is 1. The zero-order valence-electron chi connectivity index (χ0n) is 25.2. The molecule has 0 N–H and O–H groups in total. The van der Waals surface area contributed by atoms with Crippen molar-refractivity contribution in [3.63, 3.8) is 0 Å². The standard InChI is InChI=1S/C42H26N4S/c1-2-11-28(12-3-1)42-44-40-36(46(42)38-19-8-9-26-43-38)25-24-35-39(40)33-14-4-6-17-34(33)45(35)29-22-20-27(21-23-29)30-15-10-16-32-31-13-5-7-18-37(31)47-41(30)32/h1-26H. The van der Waals surface area contributed by atoms with Gasteiger partial charge < -0.3 is 4.57 Å². The Morgan fingerprint density at radius 1 is 0.489 bits per heavy atom. The molecule has 6 aromatic carbocycles. The van der Waals surface area contributed by atoms with E-state index < -0.39 is 0 Å². The van der Waals surface area contributed by atoms with E-state index in [1.807, 2.05) is 41.8 Å². The Labute approximate surface area is 274 Å². The van der Waals surface area contributed by atoms with Crippen molar-refractivity contribution in [1.82, 2.24) is 19.1 Å². The molecule has 0 aliphatic rings. The first kappa shape index (κ1) is 26.2. The van der Waals surface area contributed by atoms with Gasteiger partial charge in [-0.2, -0.15) is 0 Å². The lowest BCUT2D eigenvalue weighted by atomic mass is 10.0. The molecule has 0 saturated heterocycles. The van der Waals surface area contributed by atoms with Crippen molar-refractivity contribution >= 4 is 64.3 Å². The topological polar surface area (TPSA) is 35.6 Å². The first-order valence-electron chi connectivity index (χ1n) is 15.8. The van der Waals surface area contributed by atoms with E-state index in [1.165, 1.54) is 36.7 Å². The highest BCUT2D eigenvalue weighted by atomic mass is 32.1. The van der Waals surface area contributed by atoms with Gasteiger partial charge in [0.1, 0.15) is 11.6 Å². The minimum absolute atomic E-state index is 0.848. The minimum atomic E-state index is 0.848. The van der Waals surface area contributed by atoms with E-state index in [1.54, 1.807) is 0 Å². The maximum atomic E-state index is 5.36. The lowest BCUT2D eigenvalue weighted by Crippen LogP contribution is -1.99. The molecule has 0 spiro atoms. The zero-order valence-corrected chi connectivity index (χ0v) is 26.0. The molecule has 0 bridgehead atoms. The van der Waals surface area contributed by atoms with E-state index in [4.69, 9.17) is 9.97 Å². The molecule has 0 atom stereocenters. The summed E-state index contributed by atoms with van der Waals surface area (Å²) in [4.78, 5) is 10.1. The lowest BCUT2D eigenvalue weighted by molar-refractivity contribution is 1.03. The molecule has 220 valence electrons. The Kier molecular flexibility index (Phi) is 5.71. The van der Waals surface area contributed by atoms with Crippen LogP contribution in [-0.4, -0.2) is 19.1 Å². The Bertz CT molecular complexity index is 2770. The molecule has 4 heterocycles. The number of hydrogen-bond donors (Lipinski definition) is 0. The van der Waals surface area contributed by atoms with Gasteiger partial charge in [0.15, 0.2) is 0 Å². The minimum Gasteiger partial charge on any atom is -0.309 e. The van der Waals surface area contributed by atoms with Gasteiger partial charge in [-0.3, -0.25) is 4.57 Å². The molecular weight excluding hydrogens is 593 g/mol. The molecule has 0 radical (unpaired) electrons. The first-order chi connectivity index (χ1) is 23.3. The van der Waals surface area contributed by atoms with Crippen LogP contribution < -0.4 is 0 Å². The second-order valence-electron chi connectivity index (χ2n) is 11.8. The Balaban J connectivity index is 1.19. The fourth-order valence-corrected chi connectivity index (χ4v) is 8.37. The zero-order chi connectivity index (χ0) is 30.9. The molecule has 5 heteroatoms. The first-order valence-corrected chi connectivity index (χ1v) is 16.6. The van der Waals surface area contributed by atoms with Crippen molar-refractivity contribution in [2.24, 2.45) is 0 Å². The van der Waals surface area contributed by atoms with Gasteiger partial charge in [0.05, 0.1) is 22.1 Å². The fourth-order valence-electron chi connectivity index (χ4n) is 7.14.